The van der Waals surface area contributed by atoms with Crippen LogP contribution in [0.3, 0.4) is 0 Å². The number of hydrogen-bond acceptors (Lipinski definition) is 2. The standard InChI is InChI=1S/C13H13FN2/c1-3-5-12(4-2)16-13-7-10(9-15)6-11(14)8-13/h1,6-8,12,16H,4-5H2,2H3. The van der Waals surface area contributed by atoms with Crippen LogP contribution in [0.2, 0.25) is 0 Å². The molecule has 1 aromatic carbocycles. The highest BCUT2D eigenvalue weighted by atomic mass is 19.1. The molecule has 1 N–H and O–H groups in total. The zero-order valence-corrected chi connectivity index (χ0v) is 9.13. The van der Waals surface area contributed by atoms with Gasteiger partial charge in [-0.2, -0.15) is 5.26 Å². The van der Waals surface area contributed by atoms with Gasteiger partial charge in [0.25, 0.3) is 0 Å². The fraction of sp³-hybridized carbons (Fsp3) is 0.308. The fourth-order valence-corrected chi connectivity index (χ4v) is 1.41. The summed E-state index contributed by atoms with van der Waals surface area (Å²) in [5.74, 6) is 2.14. The Kier molecular flexibility index (Phi) is 4.36. The molecule has 16 heavy (non-hydrogen) atoms. The normalized spacial score (nSPS) is 11.2. The van der Waals surface area contributed by atoms with Crippen LogP contribution in [0.5, 0.6) is 0 Å². The lowest BCUT2D eigenvalue weighted by Crippen LogP contribution is -2.17. The smallest absolute Gasteiger partial charge is 0.126 e. The molecule has 3 heteroatoms. The number of rotatable bonds is 4. The van der Waals surface area contributed by atoms with Crippen LogP contribution in [-0.4, -0.2) is 6.04 Å². The highest BCUT2D eigenvalue weighted by Crippen LogP contribution is 2.16. The number of nitrogens with zero attached hydrogens (tertiary/aromatic N) is 1. The highest BCUT2D eigenvalue weighted by molar-refractivity contribution is 5.50. The summed E-state index contributed by atoms with van der Waals surface area (Å²) in [5.41, 5.74) is 0.900. The Morgan fingerprint density at radius 2 is 2.25 bits per heavy atom. The van der Waals surface area contributed by atoms with E-state index in [1.54, 1.807) is 6.07 Å². The van der Waals surface area contributed by atoms with E-state index in [-0.39, 0.29) is 6.04 Å². The van der Waals surface area contributed by atoms with E-state index in [0.29, 0.717) is 17.7 Å². The molecule has 0 radical (unpaired) electrons. The van der Waals surface area contributed by atoms with Gasteiger partial charge in [-0.1, -0.05) is 6.92 Å². The van der Waals surface area contributed by atoms with E-state index in [0.717, 1.165) is 6.42 Å². The van der Waals surface area contributed by atoms with Crippen molar-refractivity contribution in [3.8, 4) is 18.4 Å². The molecule has 2 nitrogen and oxygen atoms in total. The number of nitriles is 1. The van der Waals surface area contributed by atoms with Crippen LogP contribution in [0.15, 0.2) is 18.2 Å². The van der Waals surface area contributed by atoms with E-state index >= 15 is 0 Å². The quantitative estimate of drug-likeness (QED) is 0.785. The first kappa shape index (κ1) is 12.1. The summed E-state index contributed by atoms with van der Waals surface area (Å²) >= 11 is 0. The lowest BCUT2D eigenvalue weighted by atomic mass is 10.1. The maximum absolute atomic E-state index is 13.1. The molecular formula is C13H13FN2. The van der Waals surface area contributed by atoms with Crippen LogP contribution >= 0.6 is 0 Å². The van der Waals surface area contributed by atoms with Gasteiger partial charge in [-0.3, -0.25) is 0 Å². The van der Waals surface area contributed by atoms with Crippen LogP contribution in [-0.2, 0) is 0 Å². The highest BCUT2D eigenvalue weighted by Gasteiger charge is 2.06. The molecule has 0 aliphatic carbocycles. The molecule has 0 aromatic heterocycles. The second-order valence-electron chi connectivity index (χ2n) is 3.50. The van der Waals surface area contributed by atoms with Crippen molar-refractivity contribution in [3.63, 3.8) is 0 Å². The number of halogens is 1. The van der Waals surface area contributed by atoms with Crippen molar-refractivity contribution in [3.05, 3.63) is 29.6 Å². The molecule has 1 unspecified atom stereocenters. The van der Waals surface area contributed by atoms with Crippen LogP contribution in [0.1, 0.15) is 25.3 Å². The average Bonchev–Trinajstić information content (AvgIpc) is 2.27. The minimum atomic E-state index is -0.419. The van der Waals surface area contributed by atoms with Crippen LogP contribution in [0.25, 0.3) is 0 Å². The molecule has 0 spiro atoms. The molecule has 0 aliphatic rings. The summed E-state index contributed by atoms with van der Waals surface area (Å²) in [6, 6.07) is 6.20. The predicted octanol–water partition coefficient (Wildman–Crippen LogP) is 2.91. The van der Waals surface area contributed by atoms with Gasteiger partial charge in [-0.15, -0.1) is 12.3 Å². The van der Waals surface area contributed by atoms with Crippen molar-refractivity contribution >= 4 is 5.69 Å². The Balaban J connectivity index is 2.85. The Morgan fingerprint density at radius 1 is 1.50 bits per heavy atom. The van der Waals surface area contributed by atoms with Crippen LogP contribution < -0.4 is 5.32 Å². The second kappa shape index (κ2) is 5.78. The third kappa shape index (κ3) is 3.29. The van der Waals surface area contributed by atoms with Gasteiger partial charge in [-0.05, 0) is 24.6 Å². The molecule has 0 bridgehead atoms. The van der Waals surface area contributed by atoms with Gasteiger partial charge in [0.1, 0.15) is 5.82 Å². The third-order valence-electron chi connectivity index (χ3n) is 2.25. The Labute approximate surface area is 95.1 Å². The fourth-order valence-electron chi connectivity index (χ4n) is 1.41. The van der Waals surface area contributed by atoms with Crippen molar-refractivity contribution in [2.24, 2.45) is 0 Å². The van der Waals surface area contributed by atoms with E-state index < -0.39 is 5.82 Å². The van der Waals surface area contributed by atoms with E-state index in [1.165, 1.54) is 12.1 Å². The van der Waals surface area contributed by atoms with Gasteiger partial charge in [-0.25, -0.2) is 4.39 Å². The van der Waals surface area contributed by atoms with Gasteiger partial charge in [0.15, 0.2) is 0 Å². The molecule has 0 saturated carbocycles. The maximum Gasteiger partial charge on any atom is 0.126 e. The molecule has 0 heterocycles. The Morgan fingerprint density at radius 3 is 2.81 bits per heavy atom. The third-order valence-corrected chi connectivity index (χ3v) is 2.25. The van der Waals surface area contributed by atoms with Crippen molar-refractivity contribution in [1.29, 1.82) is 5.26 Å². The van der Waals surface area contributed by atoms with Gasteiger partial charge >= 0.3 is 0 Å². The van der Waals surface area contributed by atoms with Gasteiger partial charge in [0.2, 0.25) is 0 Å². The van der Waals surface area contributed by atoms with Crippen molar-refractivity contribution in [2.75, 3.05) is 5.32 Å². The molecule has 1 atom stereocenters. The summed E-state index contributed by atoms with van der Waals surface area (Å²) in [6.45, 7) is 2.00. The van der Waals surface area contributed by atoms with Crippen LogP contribution in [0.4, 0.5) is 10.1 Å². The van der Waals surface area contributed by atoms with Gasteiger partial charge in [0.05, 0.1) is 11.6 Å². The second-order valence-corrected chi connectivity index (χ2v) is 3.50. The molecular weight excluding hydrogens is 203 g/mol. The SMILES string of the molecule is C#CCC(CC)Nc1cc(F)cc(C#N)c1. The van der Waals surface area contributed by atoms with Gasteiger partial charge in [0, 0.05) is 18.2 Å². The lowest BCUT2D eigenvalue weighted by Gasteiger charge is -2.15. The van der Waals surface area contributed by atoms with Gasteiger partial charge < -0.3 is 5.32 Å². The largest absolute Gasteiger partial charge is 0.381 e. The monoisotopic (exact) mass is 216 g/mol. The number of hydrogen-bond donors (Lipinski definition) is 1. The minimum absolute atomic E-state index is 0.110. The van der Waals surface area contributed by atoms with E-state index in [1.807, 2.05) is 13.0 Å². The molecule has 0 amide bonds. The average molecular weight is 216 g/mol. The number of benzene rings is 1. The summed E-state index contributed by atoms with van der Waals surface area (Å²) in [5, 5.41) is 11.8. The number of anilines is 1. The minimum Gasteiger partial charge on any atom is -0.381 e. The first-order chi connectivity index (χ1) is 7.69. The number of nitrogens with one attached hydrogen (secondary N) is 1. The maximum atomic E-state index is 13.1. The van der Waals surface area contributed by atoms with Crippen molar-refractivity contribution in [2.45, 2.75) is 25.8 Å². The van der Waals surface area contributed by atoms with Crippen LogP contribution in [0, 0.1) is 29.5 Å². The molecule has 0 aliphatic heterocycles. The first-order valence-corrected chi connectivity index (χ1v) is 5.10. The van der Waals surface area contributed by atoms with E-state index in [9.17, 15) is 4.39 Å². The summed E-state index contributed by atoms with van der Waals surface area (Å²) < 4.78 is 13.1. The molecule has 1 aromatic rings. The van der Waals surface area contributed by atoms with E-state index in [2.05, 4.69) is 11.2 Å². The Bertz CT molecular complexity index is 440. The predicted molar refractivity (Wildman–Crippen MR) is 62.3 cm³/mol. The van der Waals surface area contributed by atoms with E-state index in [4.69, 9.17) is 11.7 Å². The molecule has 82 valence electrons. The zero-order chi connectivity index (χ0) is 12.0. The lowest BCUT2D eigenvalue weighted by molar-refractivity contribution is 0.626. The Hall–Kier alpha value is -2.00. The summed E-state index contributed by atoms with van der Waals surface area (Å²) in [7, 11) is 0. The topological polar surface area (TPSA) is 35.8 Å². The van der Waals surface area contributed by atoms with Crippen molar-refractivity contribution < 1.29 is 4.39 Å². The summed E-state index contributed by atoms with van der Waals surface area (Å²) in [4.78, 5) is 0. The van der Waals surface area contributed by atoms with Crippen molar-refractivity contribution in [1.82, 2.24) is 0 Å². The molecule has 0 saturated heterocycles. The zero-order valence-electron chi connectivity index (χ0n) is 9.13. The summed E-state index contributed by atoms with van der Waals surface area (Å²) in [6.07, 6.45) is 6.66. The molecule has 0 fully saturated rings. The number of terminal acetylenes is 1. The first-order valence-electron chi connectivity index (χ1n) is 5.10. The molecule has 1 rings (SSSR count).